The Balaban J connectivity index is 2.05. The summed E-state index contributed by atoms with van der Waals surface area (Å²) in [7, 11) is 0. The molecule has 0 aliphatic carbocycles. The number of rotatable bonds is 3. The molecule has 0 unspecified atom stereocenters. The van der Waals surface area contributed by atoms with E-state index in [9.17, 15) is 13.6 Å². The molecule has 1 aromatic carbocycles. The van der Waals surface area contributed by atoms with E-state index in [2.05, 4.69) is 13.8 Å². The lowest BCUT2D eigenvalue weighted by Gasteiger charge is -2.22. The van der Waals surface area contributed by atoms with E-state index < -0.39 is 23.0 Å². The Kier molecular flexibility index (Phi) is 4.81. The molecule has 1 aliphatic rings. The molecule has 0 bridgehead atoms. The molecule has 110 valence electrons. The molecule has 0 spiro atoms. The number of carbonyl (C=O) groups excluding carboxylic acids is 1. The fourth-order valence-electron chi connectivity index (χ4n) is 2.27. The smallest absolute Gasteiger partial charge is 0.182 e. The van der Waals surface area contributed by atoms with E-state index in [4.69, 9.17) is 0 Å². The largest absolute Gasteiger partial charge is 0.295 e. The Morgan fingerprint density at radius 2 is 1.95 bits per heavy atom. The average Bonchev–Trinajstić information content (AvgIpc) is 2.51. The molecule has 1 fully saturated rings. The maximum Gasteiger partial charge on any atom is 0.182 e. The van der Waals surface area contributed by atoms with Crippen LogP contribution in [0.3, 0.4) is 0 Å². The first-order valence-electron chi connectivity index (χ1n) is 6.72. The van der Waals surface area contributed by atoms with Crippen molar-refractivity contribution in [3.8, 4) is 0 Å². The predicted molar refractivity (Wildman–Crippen MR) is 78.3 cm³/mol. The quantitative estimate of drug-likeness (QED) is 0.798. The van der Waals surface area contributed by atoms with Crippen molar-refractivity contribution in [1.82, 2.24) is 4.90 Å². The molecule has 1 aliphatic heterocycles. The lowest BCUT2D eigenvalue weighted by Crippen LogP contribution is -2.33. The van der Waals surface area contributed by atoms with Gasteiger partial charge in [0.15, 0.2) is 5.78 Å². The molecule has 1 saturated heterocycles. The summed E-state index contributed by atoms with van der Waals surface area (Å²) < 4.78 is 27.3. The van der Waals surface area contributed by atoms with Crippen LogP contribution < -0.4 is 0 Å². The van der Waals surface area contributed by atoms with Crippen molar-refractivity contribution < 1.29 is 13.6 Å². The molecular weight excluding hydrogens is 280 g/mol. The van der Waals surface area contributed by atoms with Crippen molar-refractivity contribution in [1.29, 1.82) is 0 Å². The van der Waals surface area contributed by atoms with Crippen molar-refractivity contribution in [2.24, 2.45) is 0 Å². The van der Waals surface area contributed by atoms with Crippen molar-refractivity contribution >= 4 is 17.5 Å². The Bertz CT molecular complexity index is 484. The van der Waals surface area contributed by atoms with Gasteiger partial charge >= 0.3 is 0 Å². The van der Waals surface area contributed by atoms with Crippen molar-refractivity contribution in [3.05, 3.63) is 35.4 Å². The topological polar surface area (TPSA) is 20.3 Å². The average molecular weight is 299 g/mol. The normalized spacial score (nSPS) is 19.6. The number of hydrogen-bond acceptors (Lipinski definition) is 3. The van der Waals surface area contributed by atoms with E-state index in [1.54, 1.807) is 0 Å². The first-order chi connectivity index (χ1) is 9.39. The molecule has 2 nitrogen and oxygen atoms in total. The Morgan fingerprint density at radius 1 is 1.30 bits per heavy atom. The minimum Gasteiger partial charge on any atom is -0.295 e. The molecule has 0 radical (unpaired) electrons. The Labute approximate surface area is 122 Å². The van der Waals surface area contributed by atoms with Crippen molar-refractivity contribution in [2.45, 2.75) is 25.0 Å². The van der Waals surface area contributed by atoms with Gasteiger partial charge in [0.2, 0.25) is 0 Å². The van der Waals surface area contributed by atoms with Crippen LogP contribution in [0.25, 0.3) is 0 Å². The van der Waals surface area contributed by atoms with Gasteiger partial charge in [-0.05, 0) is 25.1 Å². The summed E-state index contributed by atoms with van der Waals surface area (Å²) >= 11 is 1.87. The summed E-state index contributed by atoms with van der Waals surface area (Å²) in [5.74, 6) is -1.11. The minimum absolute atomic E-state index is 0.0779. The van der Waals surface area contributed by atoms with Gasteiger partial charge < -0.3 is 0 Å². The number of Topliss-reactive ketones (excluding diaryl/α,β-unsaturated/α-hetero) is 1. The van der Waals surface area contributed by atoms with Crippen LogP contribution in [-0.2, 0) is 0 Å². The first kappa shape index (κ1) is 15.4. The predicted octanol–water partition coefficient (Wildman–Crippen LogP) is 3.37. The monoisotopic (exact) mass is 299 g/mol. The fourth-order valence-corrected chi connectivity index (χ4v) is 3.40. The highest BCUT2D eigenvalue weighted by Crippen LogP contribution is 2.30. The van der Waals surface area contributed by atoms with Crippen LogP contribution in [0.5, 0.6) is 0 Å². The fraction of sp³-hybridized carbons (Fsp3) is 0.533. The van der Waals surface area contributed by atoms with E-state index in [0.29, 0.717) is 0 Å². The summed E-state index contributed by atoms with van der Waals surface area (Å²) in [6, 6.07) is 3.52. The highest BCUT2D eigenvalue weighted by Gasteiger charge is 2.26. The summed E-state index contributed by atoms with van der Waals surface area (Å²) in [5, 5.41) is 0. The summed E-state index contributed by atoms with van der Waals surface area (Å²) in [4.78, 5) is 14.1. The van der Waals surface area contributed by atoms with E-state index in [-0.39, 0.29) is 11.3 Å². The summed E-state index contributed by atoms with van der Waals surface area (Å²) in [5.41, 5.74) is -0.413. The van der Waals surface area contributed by atoms with Crippen molar-refractivity contribution in [3.63, 3.8) is 0 Å². The molecule has 20 heavy (non-hydrogen) atoms. The molecule has 0 amide bonds. The van der Waals surface area contributed by atoms with Gasteiger partial charge in [-0.3, -0.25) is 9.69 Å². The number of ketones is 1. The van der Waals surface area contributed by atoms with Gasteiger partial charge in [-0.2, -0.15) is 11.8 Å². The van der Waals surface area contributed by atoms with E-state index in [0.717, 1.165) is 37.4 Å². The molecule has 0 aromatic heterocycles. The van der Waals surface area contributed by atoms with Crippen LogP contribution in [-0.4, -0.2) is 40.8 Å². The van der Waals surface area contributed by atoms with Crippen LogP contribution in [0.1, 0.15) is 30.6 Å². The van der Waals surface area contributed by atoms with E-state index in [1.165, 1.54) is 6.07 Å². The number of halogens is 2. The number of benzene rings is 1. The molecule has 2 rings (SSSR count). The van der Waals surface area contributed by atoms with Gasteiger partial charge in [0, 0.05) is 17.0 Å². The minimum atomic E-state index is -0.778. The number of nitrogens with zero attached hydrogens (tertiary/aromatic N) is 1. The second-order valence-electron chi connectivity index (χ2n) is 5.65. The van der Waals surface area contributed by atoms with E-state index >= 15 is 0 Å². The lowest BCUT2D eigenvalue weighted by molar-refractivity contribution is 0.0925. The third-order valence-corrected chi connectivity index (χ3v) is 4.91. The van der Waals surface area contributed by atoms with Crippen LogP contribution in [0.15, 0.2) is 18.2 Å². The molecule has 0 N–H and O–H groups in total. The van der Waals surface area contributed by atoms with E-state index in [1.807, 2.05) is 16.7 Å². The first-order valence-corrected chi connectivity index (χ1v) is 7.71. The number of carbonyl (C=O) groups is 1. The Morgan fingerprint density at radius 3 is 2.60 bits per heavy atom. The van der Waals surface area contributed by atoms with Crippen LogP contribution in [0.4, 0.5) is 8.78 Å². The SMILES string of the molecule is CC1(C)CCN(CC(=O)c2c(F)cccc2F)CCS1. The molecule has 1 heterocycles. The van der Waals surface area contributed by atoms with Crippen LogP contribution in [0.2, 0.25) is 0 Å². The maximum atomic E-state index is 13.6. The third-order valence-electron chi connectivity index (χ3n) is 3.54. The van der Waals surface area contributed by atoms with Gasteiger partial charge in [-0.1, -0.05) is 19.9 Å². The standard InChI is InChI=1S/C15H19F2NOS/c1-15(2)6-7-18(8-9-20-15)10-13(19)14-11(16)4-3-5-12(14)17/h3-5H,6-10H2,1-2H3. The summed E-state index contributed by atoms with van der Waals surface area (Å²) in [6.07, 6.45) is 0.963. The van der Waals surface area contributed by atoms with Gasteiger partial charge in [0.1, 0.15) is 11.6 Å². The van der Waals surface area contributed by atoms with Gasteiger partial charge in [-0.15, -0.1) is 0 Å². The van der Waals surface area contributed by atoms with Gasteiger partial charge in [-0.25, -0.2) is 8.78 Å². The second kappa shape index (κ2) is 6.22. The molecule has 1 aromatic rings. The Hall–Kier alpha value is -0.940. The zero-order chi connectivity index (χ0) is 14.8. The highest BCUT2D eigenvalue weighted by atomic mass is 32.2. The summed E-state index contributed by atoms with van der Waals surface area (Å²) in [6.45, 7) is 5.99. The molecule has 5 heteroatoms. The maximum absolute atomic E-state index is 13.6. The zero-order valence-corrected chi connectivity index (χ0v) is 12.6. The molecular formula is C15H19F2NOS. The highest BCUT2D eigenvalue weighted by molar-refractivity contribution is 8.00. The third kappa shape index (κ3) is 3.79. The van der Waals surface area contributed by atoms with Gasteiger partial charge in [0.25, 0.3) is 0 Å². The number of thioether (sulfide) groups is 1. The second-order valence-corrected chi connectivity index (χ2v) is 7.46. The lowest BCUT2D eigenvalue weighted by atomic mass is 10.1. The molecule has 0 atom stereocenters. The number of hydrogen-bond donors (Lipinski definition) is 0. The molecule has 0 saturated carbocycles. The van der Waals surface area contributed by atoms with Crippen LogP contribution in [0, 0.1) is 11.6 Å². The van der Waals surface area contributed by atoms with Crippen LogP contribution >= 0.6 is 11.8 Å². The van der Waals surface area contributed by atoms with Crippen molar-refractivity contribution in [2.75, 3.05) is 25.4 Å². The van der Waals surface area contributed by atoms with Gasteiger partial charge in [0.05, 0.1) is 12.1 Å². The zero-order valence-electron chi connectivity index (χ0n) is 11.8.